The van der Waals surface area contributed by atoms with Crippen LogP contribution in [0.15, 0.2) is 48.6 Å². The van der Waals surface area contributed by atoms with Crippen molar-refractivity contribution in [3.05, 3.63) is 65.5 Å². The van der Waals surface area contributed by atoms with Gasteiger partial charge in [0.25, 0.3) is 0 Å². The van der Waals surface area contributed by atoms with Crippen LogP contribution >= 0.6 is 0 Å². The SMILES string of the molecule is COc1ccc(C2=CC(c3ccc(N(C)C)cc3F)=C2)cc1OC. The van der Waals surface area contributed by atoms with Gasteiger partial charge in [-0.2, -0.15) is 0 Å². The highest BCUT2D eigenvalue weighted by molar-refractivity contribution is 6.01. The fourth-order valence-corrected chi connectivity index (χ4v) is 2.68. The topological polar surface area (TPSA) is 21.7 Å². The van der Waals surface area contributed by atoms with Gasteiger partial charge in [0.05, 0.1) is 14.2 Å². The average molecular weight is 325 g/mol. The summed E-state index contributed by atoms with van der Waals surface area (Å²) in [4.78, 5) is 1.88. The minimum Gasteiger partial charge on any atom is -0.493 e. The Morgan fingerprint density at radius 3 is 2.12 bits per heavy atom. The van der Waals surface area contributed by atoms with Crippen molar-refractivity contribution in [1.82, 2.24) is 0 Å². The summed E-state index contributed by atoms with van der Waals surface area (Å²) in [5.74, 6) is 1.16. The molecule has 0 heterocycles. The van der Waals surface area contributed by atoms with Crippen LogP contribution in [0.5, 0.6) is 11.5 Å². The number of methoxy groups -OCH3 is 2. The van der Waals surface area contributed by atoms with Gasteiger partial charge in [-0.05, 0) is 59.2 Å². The van der Waals surface area contributed by atoms with Crippen LogP contribution in [0.3, 0.4) is 0 Å². The summed E-state index contributed by atoms with van der Waals surface area (Å²) >= 11 is 0. The van der Waals surface area contributed by atoms with E-state index in [4.69, 9.17) is 9.47 Å². The number of hydrogen-bond acceptors (Lipinski definition) is 3. The van der Waals surface area contributed by atoms with Gasteiger partial charge in [-0.3, -0.25) is 0 Å². The smallest absolute Gasteiger partial charge is 0.161 e. The highest BCUT2D eigenvalue weighted by Crippen LogP contribution is 2.38. The number of halogens is 1. The number of hydrogen-bond donors (Lipinski definition) is 0. The first-order valence-corrected chi connectivity index (χ1v) is 7.66. The van der Waals surface area contributed by atoms with E-state index >= 15 is 0 Å². The maximum Gasteiger partial charge on any atom is 0.161 e. The molecule has 4 heteroatoms. The number of allylic oxidation sites excluding steroid dienone is 4. The molecule has 0 spiro atoms. The van der Waals surface area contributed by atoms with E-state index in [1.165, 1.54) is 0 Å². The normalized spacial score (nSPS) is 12.9. The minimum absolute atomic E-state index is 0.213. The Kier molecular flexibility index (Phi) is 4.30. The van der Waals surface area contributed by atoms with Gasteiger partial charge in [-0.1, -0.05) is 6.07 Å². The van der Waals surface area contributed by atoms with Gasteiger partial charge in [0.2, 0.25) is 0 Å². The number of ether oxygens (including phenoxy) is 2. The number of nitrogens with zero attached hydrogens (tertiary/aromatic N) is 1. The van der Waals surface area contributed by atoms with Crippen LogP contribution in [0.1, 0.15) is 11.1 Å². The van der Waals surface area contributed by atoms with Crippen LogP contribution in [0.2, 0.25) is 0 Å². The van der Waals surface area contributed by atoms with Crippen molar-refractivity contribution in [1.29, 1.82) is 0 Å². The molecular weight excluding hydrogens is 305 g/mol. The van der Waals surface area contributed by atoms with E-state index < -0.39 is 0 Å². The van der Waals surface area contributed by atoms with E-state index in [0.29, 0.717) is 17.1 Å². The first-order chi connectivity index (χ1) is 11.5. The summed E-state index contributed by atoms with van der Waals surface area (Å²) in [6, 6.07) is 11.0. The molecule has 0 aromatic heterocycles. The summed E-state index contributed by atoms with van der Waals surface area (Å²) in [5, 5.41) is 0. The lowest BCUT2D eigenvalue weighted by Gasteiger charge is -2.19. The molecule has 0 N–H and O–H groups in total. The van der Waals surface area contributed by atoms with Gasteiger partial charge in [-0.15, -0.1) is 0 Å². The molecule has 2 aromatic rings. The summed E-state index contributed by atoms with van der Waals surface area (Å²) in [6.07, 6.45) is 3.96. The molecule has 0 unspecified atom stereocenters. The number of rotatable bonds is 5. The second-order valence-corrected chi connectivity index (χ2v) is 5.83. The Morgan fingerprint density at radius 1 is 0.833 bits per heavy atom. The zero-order valence-electron chi connectivity index (χ0n) is 14.3. The lowest BCUT2D eigenvalue weighted by molar-refractivity contribution is 0.355. The van der Waals surface area contributed by atoms with Crippen molar-refractivity contribution < 1.29 is 13.9 Å². The Hall–Kier alpha value is -2.75. The molecule has 1 aliphatic rings. The molecule has 2 aromatic carbocycles. The van der Waals surface area contributed by atoms with Gasteiger partial charge in [0.15, 0.2) is 11.5 Å². The van der Waals surface area contributed by atoms with Crippen LogP contribution in [0, 0.1) is 5.82 Å². The third-order valence-electron chi connectivity index (χ3n) is 4.12. The van der Waals surface area contributed by atoms with E-state index in [9.17, 15) is 4.39 Å². The molecule has 124 valence electrons. The van der Waals surface area contributed by atoms with E-state index in [1.54, 1.807) is 20.3 Å². The second-order valence-electron chi connectivity index (χ2n) is 5.83. The zero-order chi connectivity index (χ0) is 17.3. The Labute approximate surface area is 141 Å². The standard InChI is InChI=1S/C20H20FNO2/c1-22(2)16-6-7-17(18(21)12-16)15-9-14(10-15)13-5-8-19(23-3)20(11-13)24-4/h5-12H,1-4H3. The van der Waals surface area contributed by atoms with E-state index in [0.717, 1.165) is 22.4 Å². The van der Waals surface area contributed by atoms with Crippen LogP contribution in [0.4, 0.5) is 10.1 Å². The first kappa shape index (κ1) is 16.1. The van der Waals surface area contributed by atoms with Crippen LogP contribution in [-0.2, 0) is 0 Å². The predicted molar refractivity (Wildman–Crippen MR) is 96.2 cm³/mol. The van der Waals surface area contributed by atoms with E-state index in [1.807, 2.05) is 61.5 Å². The first-order valence-electron chi connectivity index (χ1n) is 7.66. The van der Waals surface area contributed by atoms with Crippen molar-refractivity contribution in [2.24, 2.45) is 0 Å². The molecular formula is C20H20FNO2. The number of anilines is 1. The predicted octanol–water partition coefficient (Wildman–Crippen LogP) is 4.39. The maximum absolute atomic E-state index is 14.3. The third-order valence-corrected chi connectivity index (χ3v) is 4.12. The van der Waals surface area contributed by atoms with E-state index in [2.05, 4.69) is 0 Å². The molecule has 0 bridgehead atoms. The highest BCUT2D eigenvalue weighted by Gasteiger charge is 2.17. The van der Waals surface area contributed by atoms with Gasteiger partial charge in [0.1, 0.15) is 5.82 Å². The minimum atomic E-state index is -0.213. The summed E-state index contributed by atoms with van der Waals surface area (Å²) in [6.45, 7) is 0. The molecule has 0 saturated heterocycles. The van der Waals surface area contributed by atoms with Crippen LogP contribution in [0.25, 0.3) is 11.1 Å². The highest BCUT2D eigenvalue weighted by atomic mass is 19.1. The molecule has 0 saturated carbocycles. The molecule has 1 aliphatic carbocycles. The molecule has 0 fully saturated rings. The summed E-state index contributed by atoms with van der Waals surface area (Å²) in [5.41, 5.74) is 4.41. The Bertz CT molecular complexity index is 838. The molecule has 0 radical (unpaired) electrons. The quantitative estimate of drug-likeness (QED) is 0.814. The van der Waals surface area contributed by atoms with Gasteiger partial charge < -0.3 is 14.4 Å². The lowest BCUT2D eigenvalue weighted by atomic mass is 9.88. The fraction of sp³-hybridized carbons (Fsp3) is 0.200. The molecule has 24 heavy (non-hydrogen) atoms. The maximum atomic E-state index is 14.3. The molecule has 3 rings (SSSR count). The van der Waals surface area contributed by atoms with Crippen LogP contribution < -0.4 is 14.4 Å². The Balaban J connectivity index is 1.83. The van der Waals surface area contributed by atoms with Gasteiger partial charge >= 0.3 is 0 Å². The van der Waals surface area contributed by atoms with Crippen molar-refractivity contribution in [3.63, 3.8) is 0 Å². The third kappa shape index (κ3) is 2.87. The zero-order valence-corrected chi connectivity index (χ0v) is 14.3. The van der Waals surface area contributed by atoms with Crippen LogP contribution in [-0.4, -0.2) is 28.3 Å². The van der Waals surface area contributed by atoms with Crippen molar-refractivity contribution in [3.8, 4) is 11.5 Å². The summed E-state index contributed by atoms with van der Waals surface area (Å²) in [7, 11) is 7.01. The lowest BCUT2D eigenvalue weighted by Crippen LogP contribution is -2.09. The van der Waals surface area contributed by atoms with E-state index in [-0.39, 0.29) is 5.82 Å². The molecule has 0 amide bonds. The average Bonchev–Trinajstić information content (AvgIpc) is 2.54. The van der Waals surface area contributed by atoms with Crippen molar-refractivity contribution in [2.45, 2.75) is 0 Å². The number of benzene rings is 2. The van der Waals surface area contributed by atoms with Gasteiger partial charge in [0, 0.05) is 25.3 Å². The monoisotopic (exact) mass is 325 g/mol. The van der Waals surface area contributed by atoms with Crippen molar-refractivity contribution >= 4 is 16.8 Å². The fourth-order valence-electron chi connectivity index (χ4n) is 2.68. The van der Waals surface area contributed by atoms with Crippen molar-refractivity contribution in [2.75, 3.05) is 33.2 Å². The largest absolute Gasteiger partial charge is 0.493 e. The molecule has 0 atom stereocenters. The summed E-state index contributed by atoms with van der Waals surface area (Å²) < 4.78 is 24.9. The molecule has 0 aliphatic heterocycles. The molecule has 3 nitrogen and oxygen atoms in total. The Morgan fingerprint density at radius 2 is 1.54 bits per heavy atom. The second kappa shape index (κ2) is 6.40. The van der Waals surface area contributed by atoms with Gasteiger partial charge in [-0.25, -0.2) is 4.39 Å².